The molecule has 1 atom stereocenters. The van der Waals surface area contributed by atoms with Gasteiger partial charge in [-0.25, -0.2) is 4.98 Å². The summed E-state index contributed by atoms with van der Waals surface area (Å²) < 4.78 is 5.70. The van der Waals surface area contributed by atoms with Crippen LogP contribution in [0.5, 0.6) is 5.75 Å². The molecule has 25 heavy (non-hydrogen) atoms. The number of benzene rings is 1. The van der Waals surface area contributed by atoms with E-state index in [9.17, 15) is 9.59 Å². The summed E-state index contributed by atoms with van der Waals surface area (Å²) in [5, 5.41) is 4.92. The van der Waals surface area contributed by atoms with Crippen molar-refractivity contribution >= 4 is 28.7 Å². The van der Waals surface area contributed by atoms with Crippen molar-refractivity contribution in [2.24, 2.45) is 0 Å². The van der Waals surface area contributed by atoms with Crippen LogP contribution < -0.4 is 15.4 Å². The molecule has 2 N–H and O–H groups in total. The van der Waals surface area contributed by atoms with E-state index in [2.05, 4.69) is 15.6 Å². The normalized spacial score (nSPS) is 16.6. The Morgan fingerprint density at radius 2 is 2.04 bits per heavy atom. The molecule has 0 saturated carbocycles. The molecule has 2 amide bonds. The molecule has 0 radical (unpaired) electrons. The fourth-order valence-electron chi connectivity index (χ4n) is 2.47. The zero-order valence-electron chi connectivity index (χ0n) is 13.8. The molecule has 2 heterocycles. The number of rotatable bonds is 7. The molecule has 7 heteroatoms. The van der Waals surface area contributed by atoms with E-state index in [4.69, 9.17) is 4.74 Å². The van der Waals surface area contributed by atoms with E-state index in [1.54, 1.807) is 6.20 Å². The van der Waals surface area contributed by atoms with Crippen molar-refractivity contribution < 1.29 is 14.3 Å². The van der Waals surface area contributed by atoms with Gasteiger partial charge in [0, 0.05) is 6.20 Å². The van der Waals surface area contributed by atoms with Crippen molar-refractivity contribution in [3.05, 3.63) is 53.7 Å². The summed E-state index contributed by atoms with van der Waals surface area (Å²) in [6, 6.07) is 11.5. The van der Waals surface area contributed by atoms with Gasteiger partial charge >= 0.3 is 0 Å². The second kappa shape index (κ2) is 8.02. The molecule has 1 aromatic carbocycles. The van der Waals surface area contributed by atoms with Crippen LogP contribution in [0.25, 0.3) is 0 Å². The highest BCUT2D eigenvalue weighted by atomic mass is 32.2. The van der Waals surface area contributed by atoms with E-state index in [0.717, 1.165) is 34.5 Å². The van der Waals surface area contributed by atoms with E-state index in [0.29, 0.717) is 19.6 Å². The molecular formula is C18H19N3O3S. The van der Waals surface area contributed by atoms with E-state index in [1.807, 2.05) is 43.3 Å². The lowest BCUT2D eigenvalue weighted by molar-refractivity contribution is -0.118. The number of imide groups is 1. The second-order valence-electron chi connectivity index (χ2n) is 5.68. The number of hydrogen-bond acceptors (Lipinski definition) is 6. The summed E-state index contributed by atoms with van der Waals surface area (Å²) in [6.45, 7) is 3.18. The minimum atomic E-state index is -0.343. The van der Waals surface area contributed by atoms with Crippen molar-refractivity contribution in [3.63, 3.8) is 0 Å². The average molecular weight is 357 g/mol. The lowest BCUT2D eigenvalue weighted by Gasteiger charge is -2.10. The minimum Gasteiger partial charge on any atom is -0.492 e. The number of amides is 2. The van der Waals surface area contributed by atoms with Crippen molar-refractivity contribution in [2.75, 3.05) is 18.5 Å². The van der Waals surface area contributed by atoms with Crippen LogP contribution in [0.2, 0.25) is 0 Å². The first-order chi connectivity index (χ1) is 12.1. The SMILES string of the molecule is Cc1cccnc1NCCOc1ccc(CC2SC(=O)NC2=O)cc1. The van der Waals surface area contributed by atoms with Gasteiger partial charge in [-0.3, -0.25) is 14.9 Å². The molecule has 1 aliphatic rings. The third kappa shape index (κ3) is 4.73. The maximum atomic E-state index is 11.6. The number of carbonyl (C=O) groups excluding carboxylic acids is 2. The van der Waals surface area contributed by atoms with Crippen LogP contribution in [0.1, 0.15) is 11.1 Å². The van der Waals surface area contributed by atoms with Gasteiger partial charge in [0.2, 0.25) is 5.91 Å². The minimum absolute atomic E-state index is 0.216. The Morgan fingerprint density at radius 3 is 2.72 bits per heavy atom. The Labute approximate surface area is 150 Å². The topological polar surface area (TPSA) is 80.3 Å². The lowest BCUT2D eigenvalue weighted by Crippen LogP contribution is -2.25. The van der Waals surface area contributed by atoms with Gasteiger partial charge in [-0.1, -0.05) is 30.0 Å². The molecule has 1 saturated heterocycles. The van der Waals surface area contributed by atoms with Crippen LogP contribution >= 0.6 is 11.8 Å². The molecule has 1 aliphatic heterocycles. The summed E-state index contributed by atoms with van der Waals surface area (Å²) in [5.74, 6) is 1.41. The first-order valence-corrected chi connectivity index (χ1v) is 8.88. The van der Waals surface area contributed by atoms with Gasteiger partial charge in [-0.15, -0.1) is 0 Å². The van der Waals surface area contributed by atoms with Gasteiger partial charge in [-0.05, 0) is 42.7 Å². The largest absolute Gasteiger partial charge is 0.492 e. The average Bonchev–Trinajstić information content (AvgIpc) is 2.92. The molecule has 130 valence electrons. The van der Waals surface area contributed by atoms with Crippen LogP contribution in [0.3, 0.4) is 0 Å². The Bertz CT molecular complexity index is 764. The smallest absolute Gasteiger partial charge is 0.286 e. The highest BCUT2D eigenvalue weighted by molar-refractivity contribution is 8.15. The first kappa shape index (κ1) is 17.3. The van der Waals surface area contributed by atoms with Crippen molar-refractivity contribution in [2.45, 2.75) is 18.6 Å². The number of pyridine rings is 1. The van der Waals surface area contributed by atoms with Crippen LogP contribution in [0.15, 0.2) is 42.6 Å². The van der Waals surface area contributed by atoms with Crippen LogP contribution in [-0.2, 0) is 11.2 Å². The predicted octanol–water partition coefficient (Wildman–Crippen LogP) is 2.78. The van der Waals surface area contributed by atoms with Gasteiger partial charge in [0.15, 0.2) is 0 Å². The molecular weight excluding hydrogens is 338 g/mol. The quantitative estimate of drug-likeness (QED) is 0.742. The van der Waals surface area contributed by atoms with Gasteiger partial charge in [0.05, 0.1) is 11.8 Å². The number of anilines is 1. The third-order valence-electron chi connectivity index (χ3n) is 3.78. The highest BCUT2D eigenvalue weighted by Crippen LogP contribution is 2.23. The first-order valence-electron chi connectivity index (χ1n) is 8.00. The maximum Gasteiger partial charge on any atom is 0.286 e. The van der Waals surface area contributed by atoms with E-state index in [-0.39, 0.29) is 16.4 Å². The number of aromatic nitrogens is 1. The Balaban J connectivity index is 1.44. The second-order valence-corrected chi connectivity index (χ2v) is 6.85. The number of aryl methyl sites for hydroxylation is 1. The van der Waals surface area contributed by atoms with E-state index in [1.165, 1.54) is 0 Å². The summed E-state index contributed by atoms with van der Waals surface area (Å²) in [4.78, 5) is 27.0. The number of carbonyl (C=O) groups is 2. The van der Waals surface area contributed by atoms with E-state index < -0.39 is 0 Å². The number of ether oxygens (including phenoxy) is 1. The summed E-state index contributed by atoms with van der Waals surface area (Å²) in [5.41, 5.74) is 2.09. The monoisotopic (exact) mass is 357 g/mol. The number of nitrogens with zero attached hydrogens (tertiary/aromatic N) is 1. The molecule has 1 fully saturated rings. The molecule has 3 rings (SSSR count). The van der Waals surface area contributed by atoms with E-state index >= 15 is 0 Å². The van der Waals surface area contributed by atoms with Crippen LogP contribution in [-0.4, -0.2) is 34.5 Å². The fraction of sp³-hybridized carbons (Fsp3) is 0.278. The third-order valence-corrected chi connectivity index (χ3v) is 4.77. The number of hydrogen-bond donors (Lipinski definition) is 2. The molecule has 6 nitrogen and oxygen atoms in total. The molecule has 0 aliphatic carbocycles. The molecule has 0 spiro atoms. The Hall–Kier alpha value is -2.54. The zero-order chi connectivity index (χ0) is 17.6. The molecule has 2 aromatic rings. The highest BCUT2D eigenvalue weighted by Gasteiger charge is 2.31. The van der Waals surface area contributed by atoms with Crippen molar-refractivity contribution in [1.82, 2.24) is 10.3 Å². The Kier molecular flexibility index (Phi) is 5.55. The lowest BCUT2D eigenvalue weighted by atomic mass is 10.1. The molecule has 1 unspecified atom stereocenters. The van der Waals surface area contributed by atoms with Gasteiger partial charge in [0.25, 0.3) is 5.24 Å². The Morgan fingerprint density at radius 1 is 1.24 bits per heavy atom. The molecule has 0 bridgehead atoms. The summed E-state index contributed by atoms with van der Waals surface area (Å²) >= 11 is 1.04. The standard InChI is InChI=1S/C18H19N3O3S/c1-12-3-2-8-19-16(12)20-9-10-24-14-6-4-13(5-7-14)11-15-17(22)21-18(23)25-15/h2-8,15H,9-11H2,1H3,(H,19,20)(H,21,22,23). The number of thioether (sulfide) groups is 1. The predicted molar refractivity (Wildman–Crippen MR) is 98.0 cm³/mol. The summed E-state index contributed by atoms with van der Waals surface area (Å²) in [6.07, 6.45) is 2.29. The van der Waals surface area contributed by atoms with Crippen LogP contribution in [0, 0.1) is 6.92 Å². The number of nitrogens with one attached hydrogen (secondary N) is 2. The summed E-state index contributed by atoms with van der Waals surface area (Å²) in [7, 11) is 0. The van der Waals surface area contributed by atoms with Gasteiger partial charge < -0.3 is 10.1 Å². The maximum absolute atomic E-state index is 11.6. The zero-order valence-corrected chi connectivity index (χ0v) is 14.6. The molecule has 1 aromatic heterocycles. The van der Waals surface area contributed by atoms with Gasteiger partial charge in [-0.2, -0.15) is 0 Å². The van der Waals surface area contributed by atoms with Crippen molar-refractivity contribution in [1.29, 1.82) is 0 Å². The fourth-order valence-corrected chi connectivity index (χ4v) is 3.33. The van der Waals surface area contributed by atoms with Gasteiger partial charge in [0.1, 0.15) is 18.2 Å². The van der Waals surface area contributed by atoms with Crippen LogP contribution in [0.4, 0.5) is 10.6 Å². The van der Waals surface area contributed by atoms with Crippen molar-refractivity contribution in [3.8, 4) is 5.75 Å².